The molecule has 0 aliphatic rings. The van der Waals surface area contributed by atoms with E-state index in [2.05, 4.69) is 78.3 Å². The van der Waals surface area contributed by atoms with E-state index in [1.54, 1.807) is 25.6 Å². The lowest BCUT2D eigenvalue weighted by molar-refractivity contribution is -0.153. The van der Waals surface area contributed by atoms with E-state index in [0.29, 0.717) is 13.0 Å². The summed E-state index contributed by atoms with van der Waals surface area (Å²) in [6.07, 6.45) is 28.8. The molecule has 0 heterocycles. The average Bonchev–Trinajstić information content (AvgIpc) is 2.98. The van der Waals surface area contributed by atoms with Gasteiger partial charge in [-0.25, -0.2) is 0 Å². The first-order valence-electron chi connectivity index (χ1n) is 15.4. The molecular weight excluding hydrogens is 548 g/mol. The third-order valence-electron chi connectivity index (χ3n) is 5.78. The normalized spacial score (nSPS) is 12.7. The first-order chi connectivity index (χ1) is 20.2. The monoisotopic (exact) mass is 606 g/mol. The minimum Gasteiger partial charge on any atom is -0.465 e. The molecule has 0 saturated carbocycles. The van der Waals surface area contributed by atoms with Crippen molar-refractivity contribution in [1.82, 2.24) is 10.6 Å². The Labute approximate surface area is 260 Å². The maximum absolute atomic E-state index is 12.3. The van der Waals surface area contributed by atoms with Crippen LogP contribution in [0.3, 0.4) is 0 Å². The van der Waals surface area contributed by atoms with Crippen LogP contribution in [0, 0.1) is 5.41 Å². The molecule has 0 bridgehead atoms. The summed E-state index contributed by atoms with van der Waals surface area (Å²) < 4.78 is 5.31. The smallest absolute Gasteiger partial charge is 0.305 e. The van der Waals surface area contributed by atoms with Crippen LogP contribution in [0.15, 0.2) is 60.8 Å². The third-order valence-corrected chi connectivity index (χ3v) is 6.40. The Morgan fingerprint density at radius 1 is 0.810 bits per heavy atom. The number of esters is 1. The van der Waals surface area contributed by atoms with Crippen LogP contribution in [0.1, 0.15) is 92.4 Å². The zero-order valence-electron chi connectivity index (χ0n) is 27.0. The van der Waals surface area contributed by atoms with Crippen LogP contribution in [-0.4, -0.2) is 60.7 Å². The van der Waals surface area contributed by atoms with Crippen LogP contribution in [0.25, 0.3) is 0 Å². The predicted octanol–water partition coefficient (Wildman–Crippen LogP) is 6.85. The van der Waals surface area contributed by atoms with E-state index in [1.165, 1.54) is 0 Å². The standard InChI is InChI=1S/C32H52N2O5S.C2H6/c1-5-6-7-8-9-10-11-12-13-14-15-16-17-18-19-20-21-22-29(36)39-27-32(2,3)30(37)31(38)34-24-23-28(35)33-25-26-40-4;1-2/h6-7,9-10,12-13,15-16,18-19,30,37H,5,8,11,14,17,20-27H2,1-4H3,(H,33,35)(H,34,38);1-2H3/b7-6-,10-9-,13-12-,16-15-,19-18-;/t30-;/m0./s1. The average molecular weight is 607 g/mol. The summed E-state index contributed by atoms with van der Waals surface area (Å²) in [5.74, 6) is -0.263. The van der Waals surface area contributed by atoms with Crippen molar-refractivity contribution >= 4 is 29.5 Å². The second-order valence-corrected chi connectivity index (χ2v) is 11.0. The Morgan fingerprint density at radius 2 is 1.33 bits per heavy atom. The van der Waals surface area contributed by atoms with Gasteiger partial charge in [0.25, 0.3) is 0 Å². The van der Waals surface area contributed by atoms with Crippen LogP contribution in [0.4, 0.5) is 0 Å². The predicted molar refractivity (Wildman–Crippen MR) is 179 cm³/mol. The minimum atomic E-state index is -1.36. The Hall–Kier alpha value is -2.58. The Kier molecular flexibility index (Phi) is 29.6. The van der Waals surface area contributed by atoms with Crippen molar-refractivity contribution in [2.75, 3.05) is 31.7 Å². The van der Waals surface area contributed by atoms with Gasteiger partial charge in [-0.3, -0.25) is 14.4 Å². The molecule has 0 aliphatic heterocycles. The van der Waals surface area contributed by atoms with E-state index in [0.717, 1.165) is 44.3 Å². The van der Waals surface area contributed by atoms with Gasteiger partial charge in [0.05, 0.1) is 6.61 Å². The first-order valence-corrected chi connectivity index (χ1v) is 16.8. The van der Waals surface area contributed by atoms with Gasteiger partial charge in [0.15, 0.2) is 0 Å². The molecule has 0 saturated heterocycles. The molecule has 0 radical (unpaired) electrons. The van der Waals surface area contributed by atoms with E-state index >= 15 is 0 Å². The van der Waals surface area contributed by atoms with Crippen LogP contribution in [0.5, 0.6) is 0 Å². The van der Waals surface area contributed by atoms with Crippen LogP contribution >= 0.6 is 11.8 Å². The highest BCUT2D eigenvalue weighted by Crippen LogP contribution is 2.22. The summed E-state index contributed by atoms with van der Waals surface area (Å²) in [4.78, 5) is 36.1. The highest BCUT2D eigenvalue weighted by molar-refractivity contribution is 7.98. The van der Waals surface area contributed by atoms with Crippen molar-refractivity contribution in [1.29, 1.82) is 0 Å². The largest absolute Gasteiger partial charge is 0.465 e. The van der Waals surface area contributed by atoms with Gasteiger partial charge in [0.2, 0.25) is 11.8 Å². The van der Waals surface area contributed by atoms with Crippen molar-refractivity contribution < 1.29 is 24.2 Å². The second kappa shape index (κ2) is 29.9. The number of thioether (sulfide) groups is 1. The molecule has 0 unspecified atom stereocenters. The number of unbranched alkanes of at least 4 members (excludes halogenated alkanes) is 1. The number of aliphatic hydroxyl groups excluding tert-OH is 1. The van der Waals surface area contributed by atoms with E-state index < -0.39 is 17.4 Å². The molecule has 0 aliphatic carbocycles. The number of hydrogen-bond acceptors (Lipinski definition) is 6. The zero-order chi connectivity index (χ0) is 31.9. The van der Waals surface area contributed by atoms with Crippen LogP contribution in [-0.2, 0) is 19.1 Å². The number of nitrogens with one attached hydrogen (secondary N) is 2. The molecule has 3 N–H and O–H groups in total. The van der Waals surface area contributed by atoms with Gasteiger partial charge < -0.3 is 20.5 Å². The van der Waals surface area contributed by atoms with Gasteiger partial charge in [0.1, 0.15) is 6.10 Å². The van der Waals surface area contributed by atoms with Gasteiger partial charge in [-0.2, -0.15) is 11.8 Å². The molecule has 240 valence electrons. The quantitative estimate of drug-likeness (QED) is 0.0668. The summed E-state index contributed by atoms with van der Waals surface area (Å²) in [5.41, 5.74) is -0.954. The fourth-order valence-corrected chi connectivity index (χ4v) is 3.59. The van der Waals surface area contributed by atoms with Gasteiger partial charge >= 0.3 is 5.97 Å². The summed E-state index contributed by atoms with van der Waals surface area (Å²) in [7, 11) is 0. The van der Waals surface area contributed by atoms with Gasteiger partial charge in [-0.15, -0.1) is 0 Å². The fourth-order valence-electron chi connectivity index (χ4n) is 3.28. The molecule has 8 heteroatoms. The van der Waals surface area contributed by atoms with Crippen molar-refractivity contribution in [3.05, 3.63) is 60.8 Å². The lowest BCUT2D eigenvalue weighted by Crippen LogP contribution is -2.47. The van der Waals surface area contributed by atoms with Gasteiger partial charge in [0, 0.05) is 37.1 Å². The first kappa shape index (κ1) is 41.6. The van der Waals surface area contributed by atoms with Crippen molar-refractivity contribution in [2.24, 2.45) is 5.41 Å². The number of aliphatic hydroxyl groups is 1. The highest BCUT2D eigenvalue weighted by Gasteiger charge is 2.34. The summed E-state index contributed by atoms with van der Waals surface area (Å²) in [5, 5.41) is 15.7. The molecule has 0 aromatic carbocycles. The fraction of sp³-hybridized carbons (Fsp3) is 0.618. The highest BCUT2D eigenvalue weighted by atomic mass is 32.2. The number of carbonyl (C=O) groups excluding carboxylic acids is 3. The Bertz CT molecular complexity index is 847. The maximum atomic E-state index is 12.3. The molecule has 7 nitrogen and oxygen atoms in total. The van der Waals surface area contributed by atoms with Crippen molar-refractivity contribution in [3.8, 4) is 0 Å². The summed E-state index contributed by atoms with van der Waals surface area (Å²) in [6, 6.07) is 0. The SMILES string of the molecule is CC.CC/C=C\C/C=C\C/C=C\C/C=C\C/C=C\CCCC(=O)OCC(C)(C)[C@@H](O)C(=O)NCCC(=O)NCCSC. The lowest BCUT2D eigenvalue weighted by atomic mass is 9.87. The number of rotatable bonds is 23. The number of allylic oxidation sites excluding steroid dienone is 10. The lowest BCUT2D eigenvalue weighted by Gasteiger charge is -2.29. The topological polar surface area (TPSA) is 105 Å². The van der Waals surface area contributed by atoms with Crippen LogP contribution in [0.2, 0.25) is 0 Å². The molecule has 0 fully saturated rings. The second-order valence-electron chi connectivity index (χ2n) is 10.0. The number of hydrogen-bond donors (Lipinski definition) is 3. The van der Waals surface area contributed by atoms with E-state index in [9.17, 15) is 19.5 Å². The molecular formula is C34H58N2O5S. The Morgan fingerprint density at radius 3 is 1.86 bits per heavy atom. The molecule has 42 heavy (non-hydrogen) atoms. The minimum absolute atomic E-state index is 0.0722. The zero-order valence-corrected chi connectivity index (χ0v) is 27.8. The molecule has 0 spiro atoms. The van der Waals surface area contributed by atoms with Crippen molar-refractivity contribution in [2.45, 2.75) is 98.5 Å². The molecule has 0 rings (SSSR count). The molecule has 0 aromatic heterocycles. The Balaban J connectivity index is 0. The summed E-state index contributed by atoms with van der Waals surface area (Å²) >= 11 is 1.64. The van der Waals surface area contributed by atoms with E-state index in [-0.39, 0.29) is 37.9 Å². The molecule has 0 aromatic rings. The van der Waals surface area contributed by atoms with Crippen LogP contribution < -0.4 is 10.6 Å². The third kappa shape index (κ3) is 26.3. The number of amides is 2. The molecule has 1 atom stereocenters. The maximum Gasteiger partial charge on any atom is 0.305 e. The van der Waals surface area contributed by atoms with E-state index in [1.807, 2.05) is 20.1 Å². The van der Waals surface area contributed by atoms with Gasteiger partial charge in [-0.05, 0) is 51.2 Å². The molecule has 2 amide bonds. The van der Waals surface area contributed by atoms with Gasteiger partial charge in [-0.1, -0.05) is 95.4 Å². The van der Waals surface area contributed by atoms with Crippen molar-refractivity contribution in [3.63, 3.8) is 0 Å². The summed E-state index contributed by atoms with van der Waals surface area (Å²) in [6.45, 7) is 10.1. The number of ether oxygens (including phenoxy) is 1. The number of carbonyl (C=O) groups is 3. The van der Waals surface area contributed by atoms with E-state index in [4.69, 9.17) is 4.74 Å².